The van der Waals surface area contributed by atoms with Crippen molar-refractivity contribution in [3.05, 3.63) is 82.0 Å². The predicted octanol–water partition coefficient (Wildman–Crippen LogP) is 5.56. The zero-order valence-corrected chi connectivity index (χ0v) is 21.3. The summed E-state index contributed by atoms with van der Waals surface area (Å²) < 4.78 is 10.8. The first-order valence-corrected chi connectivity index (χ1v) is 12.3. The van der Waals surface area contributed by atoms with E-state index in [2.05, 4.69) is 5.32 Å². The number of hydrogen-bond donors (Lipinski definition) is 1. The van der Waals surface area contributed by atoms with Gasteiger partial charge in [0.2, 0.25) is 5.91 Å². The summed E-state index contributed by atoms with van der Waals surface area (Å²) in [7, 11) is 1.58. The Bertz CT molecular complexity index is 1230. The van der Waals surface area contributed by atoms with Gasteiger partial charge in [-0.25, -0.2) is 9.79 Å². The van der Waals surface area contributed by atoms with Gasteiger partial charge in [0, 0.05) is 17.5 Å². The first-order chi connectivity index (χ1) is 16.8. The molecule has 2 aromatic rings. The Hall–Kier alpha value is -3.52. The summed E-state index contributed by atoms with van der Waals surface area (Å²) >= 11 is 1.45. The van der Waals surface area contributed by atoms with Gasteiger partial charge in [0.1, 0.15) is 5.75 Å². The van der Waals surface area contributed by atoms with Crippen molar-refractivity contribution in [1.29, 1.82) is 0 Å². The number of carbonyl (C=O) groups is 2. The highest BCUT2D eigenvalue weighted by Gasteiger charge is 2.41. The molecule has 0 unspecified atom stereocenters. The fourth-order valence-electron chi connectivity index (χ4n) is 4.04. The second kappa shape index (κ2) is 10.4. The molecule has 0 fully saturated rings. The lowest BCUT2D eigenvalue weighted by Gasteiger charge is -2.36. The maximum Gasteiger partial charge on any atom is 0.338 e. The van der Waals surface area contributed by atoms with Crippen LogP contribution >= 0.6 is 11.8 Å². The van der Waals surface area contributed by atoms with Crippen molar-refractivity contribution >= 4 is 34.5 Å². The number of nitrogens with one attached hydrogen (secondary N) is 1. The van der Waals surface area contributed by atoms with Gasteiger partial charge in [0.25, 0.3) is 0 Å². The molecule has 1 atom stereocenters. The van der Waals surface area contributed by atoms with Crippen molar-refractivity contribution in [3.63, 3.8) is 0 Å². The fourth-order valence-corrected chi connectivity index (χ4v) is 5.01. The Morgan fingerprint density at radius 3 is 2.57 bits per heavy atom. The van der Waals surface area contributed by atoms with Crippen molar-refractivity contribution < 1.29 is 19.1 Å². The maximum atomic E-state index is 13.2. The number of carbonyl (C=O) groups excluding carboxylic acids is 2. The highest BCUT2D eigenvalue weighted by molar-refractivity contribution is 8.16. The van der Waals surface area contributed by atoms with Crippen molar-refractivity contribution in [2.45, 2.75) is 46.3 Å². The molecule has 0 bridgehead atoms. The van der Waals surface area contributed by atoms with Crippen molar-refractivity contribution in [2.24, 2.45) is 4.99 Å². The fraction of sp³-hybridized carbons (Fsp3) is 0.296. The monoisotopic (exact) mass is 491 g/mol. The van der Waals surface area contributed by atoms with Gasteiger partial charge in [-0.05, 0) is 50.8 Å². The first kappa shape index (κ1) is 24.6. The van der Waals surface area contributed by atoms with Crippen LogP contribution in [0.4, 0.5) is 5.69 Å². The average molecular weight is 492 g/mol. The first-order valence-electron chi connectivity index (χ1n) is 11.4. The highest BCUT2D eigenvalue weighted by Crippen LogP contribution is 2.45. The van der Waals surface area contributed by atoms with Crippen molar-refractivity contribution in [3.8, 4) is 5.75 Å². The molecular weight excluding hydrogens is 462 g/mol. The lowest BCUT2D eigenvalue weighted by atomic mass is 9.93. The molecule has 2 heterocycles. The number of anilines is 1. The topological polar surface area (TPSA) is 80.2 Å². The summed E-state index contributed by atoms with van der Waals surface area (Å²) in [4.78, 5) is 32.9. The molecule has 0 radical (unpaired) electrons. The largest absolute Gasteiger partial charge is 0.497 e. The summed E-state index contributed by atoms with van der Waals surface area (Å²) in [5.41, 5.74) is 4.57. The van der Waals surface area contributed by atoms with Crippen LogP contribution in [0.2, 0.25) is 0 Å². The molecule has 1 amide bonds. The standard InChI is InChI=1S/C27H29N3O4S/c1-16(2)34-26(32)24-18(4)28-27-30(25(24)19-11-9-17(3)10-12-19)21(15-35-27)14-23(31)29-20-7-6-8-22(13-20)33-5/h6-13,15-16,25H,14H2,1-5H3,(H,29,31)/t25-/m0/s1. The van der Waals surface area contributed by atoms with Gasteiger partial charge in [-0.15, -0.1) is 0 Å². The zero-order valence-electron chi connectivity index (χ0n) is 20.5. The minimum absolute atomic E-state index is 0.122. The molecule has 0 aliphatic carbocycles. The predicted molar refractivity (Wildman–Crippen MR) is 139 cm³/mol. The van der Waals surface area contributed by atoms with Gasteiger partial charge in [-0.1, -0.05) is 47.7 Å². The number of rotatable bonds is 7. The van der Waals surface area contributed by atoms with Crippen LogP contribution in [0.25, 0.3) is 0 Å². The van der Waals surface area contributed by atoms with Gasteiger partial charge >= 0.3 is 5.97 Å². The number of aliphatic imine (C=N–C) groups is 1. The second-order valence-electron chi connectivity index (χ2n) is 8.71. The Labute approximate surface area is 209 Å². The molecule has 4 rings (SSSR count). The van der Waals surface area contributed by atoms with Gasteiger partial charge in [0.15, 0.2) is 5.17 Å². The normalized spacial score (nSPS) is 17.1. The van der Waals surface area contributed by atoms with Gasteiger partial charge in [-0.3, -0.25) is 4.79 Å². The minimum Gasteiger partial charge on any atom is -0.497 e. The zero-order chi connectivity index (χ0) is 25.1. The smallest absolute Gasteiger partial charge is 0.338 e. The van der Waals surface area contributed by atoms with Crippen LogP contribution < -0.4 is 10.1 Å². The molecule has 2 aliphatic rings. The van der Waals surface area contributed by atoms with E-state index in [1.165, 1.54) is 11.8 Å². The number of benzene rings is 2. The third kappa shape index (κ3) is 5.43. The van der Waals surface area contributed by atoms with Crippen LogP contribution in [-0.4, -0.2) is 35.2 Å². The number of aryl methyl sites for hydroxylation is 1. The number of fused-ring (bicyclic) bond motifs is 1. The van der Waals surface area contributed by atoms with Crippen LogP contribution in [0, 0.1) is 6.92 Å². The molecule has 8 heteroatoms. The SMILES string of the molecule is COc1cccc(NC(=O)CC2=CSC3=NC(C)=C(C(=O)OC(C)C)[C@H](c4ccc(C)cc4)N23)c1. The number of nitrogens with zero attached hydrogens (tertiary/aromatic N) is 2. The van der Waals surface area contributed by atoms with Gasteiger partial charge in [-0.2, -0.15) is 0 Å². The van der Waals surface area contributed by atoms with E-state index in [0.29, 0.717) is 22.7 Å². The van der Waals surface area contributed by atoms with E-state index in [1.807, 2.05) is 80.5 Å². The van der Waals surface area contributed by atoms with Crippen LogP contribution in [0.15, 0.2) is 75.9 Å². The van der Waals surface area contributed by atoms with Crippen molar-refractivity contribution in [2.75, 3.05) is 12.4 Å². The van der Waals surface area contributed by atoms with Crippen LogP contribution in [0.1, 0.15) is 44.4 Å². The van der Waals surface area contributed by atoms with Crippen LogP contribution in [0.3, 0.4) is 0 Å². The summed E-state index contributed by atoms with van der Waals surface area (Å²) in [6.07, 6.45) is -0.139. The van der Waals surface area contributed by atoms with Gasteiger partial charge < -0.3 is 19.7 Å². The Balaban J connectivity index is 1.65. The number of amidine groups is 1. The van der Waals surface area contributed by atoms with Crippen molar-refractivity contribution in [1.82, 2.24) is 4.90 Å². The highest BCUT2D eigenvalue weighted by atomic mass is 32.2. The summed E-state index contributed by atoms with van der Waals surface area (Å²) in [6.45, 7) is 7.50. The van der Waals surface area contributed by atoms with E-state index in [1.54, 1.807) is 13.2 Å². The van der Waals surface area contributed by atoms with E-state index in [9.17, 15) is 9.59 Å². The number of thioether (sulfide) groups is 1. The number of esters is 1. The molecule has 2 aliphatic heterocycles. The molecular formula is C27H29N3O4S. The minimum atomic E-state index is -0.444. The van der Waals surface area contributed by atoms with Gasteiger partial charge in [0.05, 0.1) is 36.9 Å². The van der Waals surface area contributed by atoms with E-state index in [4.69, 9.17) is 14.5 Å². The Kier molecular flexibility index (Phi) is 7.31. The molecule has 35 heavy (non-hydrogen) atoms. The number of hydrogen-bond acceptors (Lipinski definition) is 7. The molecule has 7 nitrogen and oxygen atoms in total. The van der Waals surface area contributed by atoms with Crippen LogP contribution in [-0.2, 0) is 14.3 Å². The summed E-state index contributed by atoms with van der Waals surface area (Å²) in [6, 6.07) is 14.8. The second-order valence-corrected chi connectivity index (χ2v) is 9.55. The number of allylic oxidation sites excluding steroid dienone is 1. The molecule has 0 saturated heterocycles. The molecule has 0 spiro atoms. The number of methoxy groups -OCH3 is 1. The van der Waals surface area contributed by atoms with E-state index in [0.717, 1.165) is 22.0 Å². The Morgan fingerprint density at radius 1 is 1.14 bits per heavy atom. The van der Waals surface area contributed by atoms with E-state index < -0.39 is 12.0 Å². The third-order valence-electron chi connectivity index (χ3n) is 5.65. The Morgan fingerprint density at radius 2 is 1.89 bits per heavy atom. The number of ether oxygens (including phenoxy) is 2. The summed E-state index contributed by atoms with van der Waals surface area (Å²) in [5.74, 6) is 0.0896. The van der Waals surface area contributed by atoms with Crippen LogP contribution in [0.5, 0.6) is 5.75 Å². The molecule has 2 aromatic carbocycles. The summed E-state index contributed by atoms with van der Waals surface area (Å²) in [5, 5.41) is 5.59. The molecule has 0 saturated carbocycles. The van der Waals surface area contributed by atoms with E-state index in [-0.39, 0.29) is 18.4 Å². The average Bonchev–Trinajstić information content (AvgIpc) is 3.20. The quantitative estimate of drug-likeness (QED) is 0.511. The van der Waals surface area contributed by atoms with E-state index >= 15 is 0 Å². The molecule has 1 N–H and O–H groups in total. The lowest BCUT2D eigenvalue weighted by Crippen LogP contribution is -2.37. The maximum absolute atomic E-state index is 13.2. The molecule has 182 valence electrons. The lowest BCUT2D eigenvalue weighted by molar-refractivity contribution is -0.143. The third-order valence-corrected chi connectivity index (χ3v) is 6.54. The molecule has 0 aromatic heterocycles. The number of amides is 1.